The van der Waals surface area contributed by atoms with Gasteiger partial charge in [-0.3, -0.25) is 6.08 Å². The van der Waals surface area contributed by atoms with Crippen LogP contribution in [-0.4, -0.2) is 10.9 Å². The normalized spacial score (nSPS) is 15.4. The zero-order valence-corrected chi connectivity index (χ0v) is 20.0. The maximum absolute atomic E-state index is 2.99. The van der Waals surface area contributed by atoms with Gasteiger partial charge in [0.2, 0.25) is 0 Å². The quantitative estimate of drug-likeness (QED) is 0.353. The van der Waals surface area contributed by atoms with Crippen LogP contribution in [0.2, 0.25) is 24.2 Å². The van der Waals surface area contributed by atoms with E-state index in [2.05, 4.69) is 55.5 Å². The molecule has 0 amide bonds. The number of hydrogen-bond acceptors (Lipinski definition) is 0. The fourth-order valence-corrected chi connectivity index (χ4v) is 45.5. The molecule has 5 heteroatoms. The monoisotopic (exact) mass is 466 g/mol. The van der Waals surface area contributed by atoms with Crippen molar-refractivity contribution in [3.05, 3.63) is 66.3 Å². The van der Waals surface area contributed by atoms with Crippen LogP contribution in [0.25, 0.3) is 10.8 Å². The van der Waals surface area contributed by atoms with Crippen molar-refractivity contribution >= 4 is 21.6 Å². The topological polar surface area (TPSA) is 0 Å². The Balaban J connectivity index is 0.000000182. The zero-order valence-electron chi connectivity index (χ0n) is 14.0. The van der Waals surface area contributed by atoms with Crippen LogP contribution in [0.4, 0.5) is 0 Å². The summed E-state index contributed by atoms with van der Waals surface area (Å²) in [5, 5.41) is 2.69. The predicted octanol–water partition coefficient (Wildman–Crippen LogP) is -0.740. The summed E-state index contributed by atoms with van der Waals surface area (Å²) < 4.78 is 0. The second-order valence-corrected chi connectivity index (χ2v) is 27.4. The van der Waals surface area contributed by atoms with Crippen molar-refractivity contribution in [3.63, 3.8) is 0 Å². The SMILES string of the molecule is C1C[Si]2=[Zr]=[Si]1CC2.Cc1cc2ccccc2[cH-]1.[C-]1=CC=CC1.[Cl-].[Cl-]. The minimum atomic E-state index is 0. The van der Waals surface area contributed by atoms with Gasteiger partial charge in [-0.1, -0.05) is 13.0 Å². The first-order valence-electron chi connectivity index (χ1n) is 8.11. The molecule has 0 aromatic heterocycles. The first kappa shape index (κ1) is 22.2. The molecular weight excluding hydrogens is 447 g/mol. The van der Waals surface area contributed by atoms with Gasteiger partial charge in [0.05, 0.1) is 0 Å². The largest absolute Gasteiger partial charge is 1.00 e. The molecule has 1 aliphatic carbocycles. The second-order valence-electron chi connectivity index (χ2n) is 6.00. The van der Waals surface area contributed by atoms with E-state index in [0.29, 0.717) is 31.3 Å². The summed E-state index contributed by atoms with van der Waals surface area (Å²) in [7, 11) is 0. The molecule has 3 aliphatic rings. The summed E-state index contributed by atoms with van der Waals surface area (Å²) in [6, 6.07) is 20.0. The van der Waals surface area contributed by atoms with Crippen LogP contribution in [0.15, 0.2) is 54.6 Å². The molecule has 0 spiro atoms. The molecule has 2 heterocycles. The van der Waals surface area contributed by atoms with Gasteiger partial charge in [-0.25, -0.2) is 12.2 Å². The Bertz CT molecular complexity index is 713. The molecule has 0 radical (unpaired) electrons. The van der Waals surface area contributed by atoms with Crippen LogP contribution in [0.3, 0.4) is 0 Å². The van der Waals surface area contributed by atoms with E-state index in [-0.39, 0.29) is 24.8 Å². The first-order chi connectivity index (χ1) is 10.8. The smallest absolute Gasteiger partial charge is 0.0579 e. The molecule has 128 valence electrons. The summed E-state index contributed by atoms with van der Waals surface area (Å²) in [6.45, 7) is 2.12. The minimum Gasteiger partial charge on any atom is -1.00 e. The molecule has 2 aromatic carbocycles. The van der Waals surface area contributed by atoms with E-state index in [1.54, 1.807) is 24.2 Å². The number of benzene rings is 1. The van der Waals surface area contributed by atoms with Crippen LogP contribution in [0, 0.1) is 13.0 Å². The third-order valence-electron chi connectivity index (χ3n) is 4.16. The molecule has 2 bridgehead atoms. The molecule has 0 atom stereocenters. The molecule has 0 saturated carbocycles. The Morgan fingerprint density at radius 2 is 1.71 bits per heavy atom. The van der Waals surface area contributed by atoms with Gasteiger partial charge in [0.25, 0.3) is 0 Å². The van der Waals surface area contributed by atoms with Crippen LogP contribution in [0.5, 0.6) is 0 Å². The van der Waals surface area contributed by atoms with Gasteiger partial charge in [0, 0.05) is 0 Å². The van der Waals surface area contributed by atoms with Crippen molar-refractivity contribution in [2.75, 3.05) is 0 Å². The number of rotatable bonds is 0. The summed E-state index contributed by atoms with van der Waals surface area (Å²) in [6.07, 6.45) is 10.0. The molecule has 0 fully saturated rings. The van der Waals surface area contributed by atoms with Gasteiger partial charge >= 0.3 is 55.5 Å². The van der Waals surface area contributed by atoms with Crippen LogP contribution < -0.4 is 24.8 Å². The zero-order chi connectivity index (χ0) is 15.2. The van der Waals surface area contributed by atoms with Crippen molar-refractivity contribution in [2.45, 2.75) is 37.5 Å². The first-order valence-corrected chi connectivity index (χ1v) is 19.3. The molecule has 2 aromatic rings. The summed E-state index contributed by atoms with van der Waals surface area (Å²) in [5.74, 6) is 0. The van der Waals surface area contributed by atoms with E-state index in [1.165, 1.54) is 16.3 Å². The van der Waals surface area contributed by atoms with Gasteiger partial charge in [-0.05, 0) is 0 Å². The fraction of sp³-hybridized carbons (Fsp3) is 0.316. The predicted molar refractivity (Wildman–Crippen MR) is 96.6 cm³/mol. The third-order valence-corrected chi connectivity index (χ3v) is 34.4. The average Bonchev–Trinajstić information content (AvgIpc) is 3.32. The van der Waals surface area contributed by atoms with Crippen LogP contribution in [0.1, 0.15) is 12.0 Å². The van der Waals surface area contributed by atoms with Crippen molar-refractivity contribution < 1.29 is 45.3 Å². The Kier molecular flexibility index (Phi) is 10.9. The molecule has 5 rings (SSSR count). The molecule has 2 aliphatic heterocycles. The average molecular weight is 469 g/mol. The van der Waals surface area contributed by atoms with E-state index >= 15 is 0 Å². The van der Waals surface area contributed by atoms with E-state index in [1.807, 2.05) is 12.2 Å². The van der Waals surface area contributed by atoms with E-state index in [0.717, 1.165) is 6.42 Å². The number of aryl methyl sites for hydroxylation is 1. The molecule has 24 heavy (non-hydrogen) atoms. The standard InChI is InChI=1S/C10H9.C5H5.C4H8Si2.2ClH.Zr/c1-8-6-9-4-2-3-5-10(9)7-8;1-2-4-5-3-1;1-2-6-4-3-5-1;;;/h2-7H,1H3;1-3H,4H2;1-4H2;2*1H;/q2*-1;;;;/p-2. The van der Waals surface area contributed by atoms with E-state index < -0.39 is 0 Å². The summed E-state index contributed by atoms with van der Waals surface area (Å²) in [5.41, 5.74) is 2.42. The van der Waals surface area contributed by atoms with Gasteiger partial charge in [-0.15, -0.1) is 47.0 Å². The van der Waals surface area contributed by atoms with Gasteiger partial charge in [0.1, 0.15) is 0 Å². The van der Waals surface area contributed by atoms with Crippen molar-refractivity contribution in [2.24, 2.45) is 0 Å². The number of hydrogen-bond donors (Lipinski definition) is 0. The molecule has 0 N–H and O–H groups in total. The van der Waals surface area contributed by atoms with Crippen molar-refractivity contribution in [1.29, 1.82) is 0 Å². The summed E-state index contributed by atoms with van der Waals surface area (Å²) >= 11 is 0.465. The van der Waals surface area contributed by atoms with Gasteiger partial charge < -0.3 is 24.8 Å². The third kappa shape index (κ3) is 6.84. The Morgan fingerprint density at radius 1 is 1.04 bits per heavy atom. The number of fused-ring (bicyclic) bond motifs is 1. The van der Waals surface area contributed by atoms with E-state index in [4.69, 9.17) is 0 Å². The maximum atomic E-state index is 2.99. The minimum absolute atomic E-state index is 0. The molecular formula is C19H22Cl2Si2Zr-4. The van der Waals surface area contributed by atoms with Crippen LogP contribution in [-0.2, 0) is 20.5 Å². The Hall–Kier alpha value is 0.207. The van der Waals surface area contributed by atoms with Crippen molar-refractivity contribution in [3.8, 4) is 0 Å². The van der Waals surface area contributed by atoms with Gasteiger partial charge in [-0.2, -0.15) is 12.1 Å². The molecule has 0 unspecified atom stereocenters. The fourth-order valence-electron chi connectivity index (χ4n) is 3.00. The Labute approximate surface area is 169 Å². The number of allylic oxidation sites excluding steroid dienone is 4. The maximum Gasteiger partial charge on any atom is -0.0579 e. The second kappa shape index (κ2) is 11.8. The number of halogens is 2. The summed E-state index contributed by atoms with van der Waals surface area (Å²) in [4.78, 5) is 0. The molecule has 0 saturated heterocycles. The van der Waals surface area contributed by atoms with Gasteiger partial charge in [0.15, 0.2) is 0 Å². The van der Waals surface area contributed by atoms with E-state index in [9.17, 15) is 0 Å². The van der Waals surface area contributed by atoms with Crippen LogP contribution >= 0.6 is 0 Å². The Morgan fingerprint density at radius 3 is 2.12 bits per heavy atom. The molecule has 0 nitrogen and oxygen atoms in total. The van der Waals surface area contributed by atoms with Crippen molar-refractivity contribution in [1.82, 2.24) is 0 Å².